The van der Waals surface area contributed by atoms with Crippen molar-refractivity contribution in [3.63, 3.8) is 0 Å². The summed E-state index contributed by atoms with van der Waals surface area (Å²) in [5.41, 5.74) is 1.93. The van der Waals surface area contributed by atoms with Crippen molar-refractivity contribution < 1.29 is 19.1 Å². The quantitative estimate of drug-likeness (QED) is 0.830. The molecule has 2 aromatic rings. The fraction of sp³-hybridized carbons (Fsp3) is 0.200. The highest BCUT2D eigenvalue weighted by Gasteiger charge is 2.09. The second-order valence-corrected chi connectivity index (χ2v) is 4.30. The van der Waals surface area contributed by atoms with Crippen molar-refractivity contribution in [1.29, 1.82) is 0 Å². The van der Waals surface area contributed by atoms with Crippen LogP contribution in [0.5, 0.6) is 5.88 Å². The normalized spacial score (nSPS) is 9.91. The molecule has 0 atom stereocenters. The van der Waals surface area contributed by atoms with Gasteiger partial charge in [0.25, 0.3) is 5.91 Å². The maximum atomic E-state index is 11.8. The molecule has 2 rings (SSSR count). The van der Waals surface area contributed by atoms with Crippen LogP contribution in [0.2, 0.25) is 0 Å². The number of carbonyl (C=O) groups excluding carboxylic acids is 2. The zero-order valence-corrected chi connectivity index (χ0v) is 12.2. The number of ether oxygens (including phenoxy) is 2. The number of methoxy groups -OCH3 is 2. The predicted molar refractivity (Wildman–Crippen MR) is 78.4 cm³/mol. The SMILES string of the molecule is COC(=O)CNC(=O)c1ccc(-c2ccc(OC)nn2)cc1. The summed E-state index contributed by atoms with van der Waals surface area (Å²) in [7, 11) is 2.78. The van der Waals surface area contributed by atoms with Gasteiger partial charge in [0.05, 0.1) is 19.9 Å². The van der Waals surface area contributed by atoms with Gasteiger partial charge in [0, 0.05) is 17.2 Å². The minimum atomic E-state index is -0.501. The maximum absolute atomic E-state index is 11.8. The van der Waals surface area contributed by atoms with Crippen LogP contribution in [0.1, 0.15) is 10.4 Å². The highest BCUT2D eigenvalue weighted by molar-refractivity contribution is 5.96. The summed E-state index contributed by atoms with van der Waals surface area (Å²) in [6.07, 6.45) is 0. The van der Waals surface area contributed by atoms with Crippen LogP contribution in [0.3, 0.4) is 0 Å². The minimum Gasteiger partial charge on any atom is -0.480 e. The zero-order chi connectivity index (χ0) is 15.9. The number of aromatic nitrogens is 2. The minimum absolute atomic E-state index is 0.166. The Labute approximate surface area is 127 Å². The molecule has 0 aliphatic rings. The first-order valence-corrected chi connectivity index (χ1v) is 6.47. The molecule has 0 saturated carbocycles. The van der Waals surface area contributed by atoms with Crippen LogP contribution < -0.4 is 10.1 Å². The number of nitrogens with zero attached hydrogens (tertiary/aromatic N) is 2. The van der Waals surface area contributed by atoms with E-state index in [1.165, 1.54) is 14.2 Å². The number of benzene rings is 1. The van der Waals surface area contributed by atoms with Crippen LogP contribution in [0.25, 0.3) is 11.3 Å². The van der Waals surface area contributed by atoms with Crippen molar-refractivity contribution in [2.75, 3.05) is 20.8 Å². The van der Waals surface area contributed by atoms with E-state index >= 15 is 0 Å². The maximum Gasteiger partial charge on any atom is 0.325 e. The van der Waals surface area contributed by atoms with Gasteiger partial charge in [-0.3, -0.25) is 9.59 Å². The van der Waals surface area contributed by atoms with Crippen molar-refractivity contribution in [3.05, 3.63) is 42.0 Å². The van der Waals surface area contributed by atoms with Gasteiger partial charge in [-0.05, 0) is 18.2 Å². The molecule has 7 nitrogen and oxygen atoms in total. The van der Waals surface area contributed by atoms with Gasteiger partial charge in [-0.25, -0.2) is 0 Å². The van der Waals surface area contributed by atoms with Gasteiger partial charge in [-0.1, -0.05) is 12.1 Å². The molecule has 7 heteroatoms. The van der Waals surface area contributed by atoms with Crippen molar-refractivity contribution in [2.45, 2.75) is 0 Å². The number of amides is 1. The molecule has 1 aromatic carbocycles. The summed E-state index contributed by atoms with van der Waals surface area (Å²) in [6, 6.07) is 10.3. The van der Waals surface area contributed by atoms with Crippen LogP contribution >= 0.6 is 0 Å². The number of hydrogen-bond acceptors (Lipinski definition) is 6. The van der Waals surface area contributed by atoms with Gasteiger partial charge in [0.2, 0.25) is 5.88 Å². The van der Waals surface area contributed by atoms with E-state index in [4.69, 9.17) is 4.74 Å². The zero-order valence-electron chi connectivity index (χ0n) is 12.2. The Morgan fingerprint density at radius 3 is 2.32 bits per heavy atom. The molecule has 0 fully saturated rings. The van der Waals surface area contributed by atoms with Crippen LogP contribution in [-0.4, -0.2) is 42.8 Å². The summed E-state index contributed by atoms with van der Waals surface area (Å²) in [4.78, 5) is 22.8. The third-order valence-electron chi connectivity index (χ3n) is 2.91. The molecule has 0 aliphatic carbocycles. The van der Waals surface area contributed by atoms with Gasteiger partial charge in [-0.15, -0.1) is 10.2 Å². The van der Waals surface area contributed by atoms with Gasteiger partial charge < -0.3 is 14.8 Å². The summed E-state index contributed by atoms with van der Waals surface area (Å²) in [5.74, 6) is -0.418. The van der Waals surface area contributed by atoms with Gasteiger partial charge >= 0.3 is 5.97 Å². The molecule has 0 aliphatic heterocycles. The van der Waals surface area contributed by atoms with E-state index in [9.17, 15) is 9.59 Å². The highest BCUT2D eigenvalue weighted by atomic mass is 16.5. The Morgan fingerprint density at radius 2 is 1.77 bits per heavy atom. The van der Waals surface area contributed by atoms with Crippen LogP contribution in [0.15, 0.2) is 36.4 Å². The Balaban J connectivity index is 2.05. The van der Waals surface area contributed by atoms with Crippen molar-refractivity contribution in [1.82, 2.24) is 15.5 Å². The lowest BCUT2D eigenvalue weighted by Gasteiger charge is -2.05. The first kappa shape index (κ1) is 15.4. The summed E-state index contributed by atoms with van der Waals surface area (Å²) < 4.78 is 9.40. The van der Waals surface area contributed by atoms with Gasteiger partial charge in [-0.2, -0.15) is 0 Å². The lowest BCUT2D eigenvalue weighted by atomic mass is 10.1. The van der Waals surface area contributed by atoms with Crippen molar-refractivity contribution in [2.24, 2.45) is 0 Å². The van der Waals surface area contributed by atoms with E-state index in [1.807, 2.05) is 0 Å². The lowest BCUT2D eigenvalue weighted by Crippen LogP contribution is -2.30. The summed E-state index contributed by atoms with van der Waals surface area (Å²) >= 11 is 0. The van der Waals surface area contributed by atoms with E-state index in [0.29, 0.717) is 17.1 Å². The average Bonchev–Trinajstić information content (AvgIpc) is 2.59. The molecule has 0 unspecified atom stereocenters. The second-order valence-electron chi connectivity index (χ2n) is 4.30. The van der Waals surface area contributed by atoms with E-state index in [1.54, 1.807) is 36.4 Å². The monoisotopic (exact) mass is 301 g/mol. The van der Waals surface area contributed by atoms with Gasteiger partial charge in [0.15, 0.2) is 0 Å². The number of carbonyl (C=O) groups is 2. The molecule has 1 amide bonds. The average molecular weight is 301 g/mol. The molecule has 1 aromatic heterocycles. The largest absolute Gasteiger partial charge is 0.480 e. The molecule has 1 N–H and O–H groups in total. The first-order chi connectivity index (χ1) is 10.6. The highest BCUT2D eigenvalue weighted by Crippen LogP contribution is 2.18. The third kappa shape index (κ3) is 3.78. The summed E-state index contributed by atoms with van der Waals surface area (Å²) in [5, 5.41) is 10.4. The Morgan fingerprint density at radius 1 is 1.05 bits per heavy atom. The number of nitrogens with one attached hydrogen (secondary N) is 1. The third-order valence-corrected chi connectivity index (χ3v) is 2.91. The van der Waals surface area contributed by atoms with E-state index in [2.05, 4.69) is 20.3 Å². The standard InChI is InChI=1S/C15H15N3O4/c1-21-13-8-7-12(17-18-13)10-3-5-11(6-4-10)15(20)16-9-14(19)22-2/h3-8H,9H2,1-2H3,(H,16,20). The van der Waals surface area contributed by atoms with Crippen molar-refractivity contribution >= 4 is 11.9 Å². The molecule has 0 bridgehead atoms. The molecule has 0 spiro atoms. The smallest absolute Gasteiger partial charge is 0.325 e. The second kappa shape index (κ2) is 7.16. The van der Waals surface area contributed by atoms with E-state index < -0.39 is 5.97 Å². The Bertz CT molecular complexity index is 653. The predicted octanol–water partition coefficient (Wildman–Crippen LogP) is 1.05. The van der Waals surface area contributed by atoms with Gasteiger partial charge in [0.1, 0.15) is 6.54 Å². The first-order valence-electron chi connectivity index (χ1n) is 6.47. The Kier molecular flexibility index (Phi) is 5.02. The molecule has 114 valence electrons. The van der Waals surface area contributed by atoms with Crippen molar-refractivity contribution in [3.8, 4) is 17.1 Å². The molecule has 0 saturated heterocycles. The molecular formula is C15H15N3O4. The molecule has 1 heterocycles. The lowest BCUT2D eigenvalue weighted by molar-refractivity contribution is -0.139. The molecule has 0 radical (unpaired) electrons. The van der Waals surface area contributed by atoms with Crippen LogP contribution in [0.4, 0.5) is 0 Å². The molecular weight excluding hydrogens is 286 g/mol. The fourth-order valence-electron chi connectivity index (χ4n) is 1.70. The number of hydrogen-bond donors (Lipinski definition) is 1. The molecule has 22 heavy (non-hydrogen) atoms. The van der Waals surface area contributed by atoms with Crippen LogP contribution in [-0.2, 0) is 9.53 Å². The van der Waals surface area contributed by atoms with E-state index in [-0.39, 0.29) is 12.5 Å². The number of esters is 1. The Hall–Kier alpha value is -2.96. The van der Waals surface area contributed by atoms with E-state index in [0.717, 1.165) is 5.56 Å². The van der Waals surface area contributed by atoms with Crippen LogP contribution in [0, 0.1) is 0 Å². The fourth-order valence-corrected chi connectivity index (χ4v) is 1.70. The topological polar surface area (TPSA) is 90.4 Å². The number of rotatable bonds is 5. The summed E-state index contributed by atoms with van der Waals surface area (Å²) in [6.45, 7) is -0.166.